The van der Waals surface area contributed by atoms with Gasteiger partial charge in [-0.2, -0.15) is 0 Å². The number of hydrogen-bond acceptors (Lipinski definition) is 1. The maximum atomic E-state index is 10.1. The van der Waals surface area contributed by atoms with E-state index in [-0.39, 0.29) is 0 Å². The summed E-state index contributed by atoms with van der Waals surface area (Å²) >= 11 is 0. The first-order chi connectivity index (χ1) is 8.41. The van der Waals surface area contributed by atoms with E-state index in [0.717, 1.165) is 19.1 Å². The summed E-state index contributed by atoms with van der Waals surface area (Å²) in [4.78, 5) is 10.1. The Morgan fingerprint density at radius 3 is 1.29 bits per heavy atom. The van der Waals surface area contributed by atoms with Crippen molar-refractivity contribution in [3.63, 3.8) is 0 Å². The summed E-state index contributed by atoms with van der Waals surface area (Å²) in [6, 6.07) is 0. The number of unbranched alkanes of at least 4 members (excludes halogenated alkanes) is 13. The molecule has 0 aromatic heterocycles. The monoisotopic (exact) mass is 241 g/mol. The minimum atomic E-state index is 0.762. The Morgan fingerprint density at radius 2 is 0.941 bits per heavy atom. The fourth-order valence-corrected chi connectivity index (χ4v) is 2.25. The van der Waals surface area contributed by atoms with Crippen LogP contribution in [0.1, 0.15) is 96.8 Å². The maximum Gasteiger partial charge on any atom is 0.119 e. The van der Waals surface area contributed by atoms with Gasteiger partial charge >= 0.3 is 0 Å². The lowest BCUT2D eigenvalue weighted by molar-refractivity contribution is -0.107. The molecule has 0 aromatic rings. The lowest BCUT2D eigenvalue weighted by atomic mass is 10.0. The fraction of sp³-hybridized carbons (Fsp3) is 0.938. The van der Waals surface area contributed by atoms with Gasteiger partial charge in [-0.1, -0.05) is 84.0 Å². The van der Waals surface area contributed by atoms with Crippen LogP contribution >= 0.6 is 0 Å². The molecule has 0 aliphatic carbocycles. The van der Waals surface area contributed by atoms with Crippen LogP contribution in [0.5, 0.6) is 0 Å². The van der Waals surface area contributed by atoms with Gasteiger partial charge in [0.25, 0.3) is 0 Å². The molecule has 0 spiro atoms. The third-order valence-corrected chi connectivity index (χ3v) is 3.43. The first kappa shape index (κ1) is 16.7. The molecule has 1 heteroatoms. The molecule has 0 radical (unpaired) electrons. The highest BCUT2D eigenvalue weighted by Gasteiger charge is 1.93. The summed E-state index contributed by atoms with van der Waals surface area (Å²) in [6.07, 6.45) is 19.6. The van der Waals surface area contributed by atoms with Crippen LogP contribution in [0, 0.1) is 0 Å². The summed E-state index contributed by atoms with van der Waals surface area (Å²) in [7, 11) is 0. The molecule has 0 aliphatic heterocycles. The molecule has 0 heterocycles. The van der Waals surface area contributed by atoms with Crippen LogP contribution in [0.25, 0.3) is 0 Å². The second-order valence-electron chi connectivity index (χ2n) is 5.20. The first-order valence-corrected chi connectivity index (χ1v) is 7.85. The van der Waals surface area contributed by atoms with Crippen LogP contribution in [0.2, 0.25) is 0 Å². The maximum absolute atomic E-state index is 10.1. The number of rotatable bonds is 14. The molecule has 0 atom stereocenters. The predicted octanol–water partition coefficient (Wildman–Crippen LogP) is 5.67. The average molecular weight is 241 g/mol. The van der Waals surface area contributed by atoms with Gasteiger partial charge in [0.2, 0.25) is 0 Å². The molecule has 1 nitrogen and oxygen atoms in total. The summed E-state index contributed by atoms with van der Waals surface area (Å²) in [5.74, 6) is 0. The molecule has 0 fully saturated rings. The molecule has 0 N–H and O–H groups in total. The standard InChI is InChI=1S/C16H32O/c1-2-3-4-5-6-7-8-9-10-11-12-13-14-15-16-17/h16H,2-15H2,1H3/i16+1. The van der Waals surface area contributed by atoms with Gasteiger partial charge in [-0.3, -0.25) is 0 Å². The van der Waals surface area contributed by atoms with E-state index in [1.165, 1.54) is 77.0 Å². The zero-order chi connectivity index (χ0) is 12.6. The summed E-state index contributed by atoms with van der Waals surface area (Å²) in [6.45, 7) is 2.27. The van der Waals surface area contributed by atoms with Gasteiger partial charge in [0, 0.05) is 6.42 Å². The van der Waals surface area contributed by atoms with E-state index in [1.54, 1.807) is 0 Å². The lowest BCUT2D eigenvalue weighted by Gasteiger charge is -2.02. The van der Waals surface area contributed by atoms with Gasteiger partial charge in [0.15, 0.2) is 0 Å². The van der Waals surface area contributed by atoms with Gasteiger partial charge < -0.3 is 4.79 Å². The zero-order valence-electron chi connectivity index (χ0n) is 11.9. The van der Waals surface area contributed by atoms with Crippen molar-refractivity contribution in [2.45, 2.75) is 96.8 Å². The molecule has 17 heavy (non-hydrogen) atoms. The van der Waals surface area contributed by atoms with Crippen LogP contribution in [-0.2, 0) is 4.79 Å². The van der Waals surface area contributed by atoms with Crippen molar-refractivity contribution in [1.29, 1.82) is 0 Å². The highest BCUT2D eigenvalue weighted by molar-refractivity contribution is 5.48. The molecule has 0 amide bonds. The van der Waals surface area contributed by atoms with Gasteiger partial charge in [-0.15, -0.1) is 0 Å². The van der Waals surface area contributed by atoms with E-state index in [1.807, 2.05) is 0 Å². The number of carbonyl (C=O) groups excluding carboxylic acids is 1. The van der Waals surface area contributed by atoms with Gasteiger partial charge in [0.1, 0.15) is 6.29 Å². The molecule has 102 valence electrons. The lowest BCUT2D eigenvalue weighted by Crippen LogP contribution is -1.83. The SMILES string of the molecule is CCCCCCCCCCCCCCC[13CH]=O. The van der Waals surface area contributed by atoms with Crippen LogP contribution in [0.15, 0.2) is 0 Å². The smallest absolute Gasteiger partial charge is 0.119 e. The van der Waals surface area contributed by atoms with Crippen LogP contribution < -0.4 is 0 Å². The van der Waals surface area contributed by atoms with Crippen molar-refractivity contribution in [2.75, 3.05) is 0 Å². The fourth-order valence-electron chi connectivity index (χ4n) is 2.25. The third-order valence-electron chi connectivity index (χ3n) is 3.43. The van der Waals surface area contributed by atoms with E-state index in [4.69, 9.17) is 0 Å². The normalized spacial score (nSPS) is 10.6. The third kappa shape index (κ3) is 15.7. The molecule has 0 aromatic carbocycles. The van der Waals surface area contributed by atoms with Crippen LogP contribution in [0.3, 0.4) is 0 Å². The van der Waals surface area contributed by atoms with E-state index >= 15 is 0 Å². The van der Waals surface area contributed by atoms with E-state index in [0.29, 0.717) is 0 Å². The summed E-state index contributed by atoms with van der Waals surface area (Å²) < 4.78 is 0. The van der Waals surface area contributed by atoms with E-state index < -0.39 is 0 Å². The van der Waals surface area contributed by atoms with Crippen molar-refractivity contribution in [1.82, 2.24) is 0 Å². The van der Waals surface area contributed by atoms with Crippen molar-refractivity contribution in [3.8, 4) is 0 Å². The summed E-state index contributed by atoms with van der Waals surface area (Å²) in [5, 5.41) is 0. The second-order valence-corrected chi connectivity index (χ2v) is 5.20. The molecular formula is C16H32O. The average Bonchev–Trinajstić information content (AvgIpc) is 2.35. The Kier molecular flexibility index (Phi) is 15.4. The Bertz CT molecular complexity index is 142. The molecule has 0 saturated carbocycles. The Labute approximate surface area is 108 Å². The molecule has 0 aliphatic rings. The van der Waals surface area contributed by atoms with Crippen molar-refractivity contribution in [2.24, 2.45) is 0 Å². The van der Waals surface area contributed by atoms with Crippen LogP contribution in [0.4, 0.5) is 0 Å². The number of carbonyl (C=O) groups is 1. The Morgan fingerprint density at radius 1 is 0.588 bits per heavy atom. The quantitative estimate of drug-likeness (QED) is 0.218. The van der Waals surface area contributed by atoms with Crippen molar-refractivity contribution < 1.29 is 4.79 Å². The number of aldehydes is 1. The Hall–Kier alpha value is -0.330. The molecule has 0 bridgehead atoms. The molecule has 0 unspecified atom stereocenters. The van der Waals surface area contributed by atoms with Crippen molar-refractivity contribution >= 4 is 6.29 Å². The van der Waals surface area contributed by atoms with E-state index in [2.05, 4.69) is 6.92 Å². The molecule has 0 saturated heterocycles. The predicted molar refractivity (Wildman–Crippen MR) is 76.4 cm³/mol. The Balaban J connectivity index is 2.87. The molecular weight excluding hydrogens is 209 g/mol. The minimum Gasteiger partial charge on any atom is -0.303 e. The van der Waals surface area contributed by atoms with Gasteiger partial charge in [0.05, 0.1) is 0 Å². The highest BCUT2D eigenvalue weighted by Crippen LogP contribution is 2.12. The van der Waals surface area contributed by atoms with Gasteiger partial charge in [-0.25, -0.2) is 0 Å². The summed E-state index contributed by atoms with van der Waals surface area (Å²) in [5.41, 5.74) is 0. The van der Waals surface area contributed by atoms with Gasteiger partial charge in [-0.05, 0) is 6.42 Å². The largest absolute Gasteiger partial charge is 0.303 e. The van der Waals surface area contributed by atoms with E-state index in [9.17, 15) is 4.79 Å². The second kappa shape index (κ2) is 15.7. The van der Waals surface area contributed by atoms with Crippen molar-refractivity contribution in [3.05, 3.63) is 0 Å². The highest BCUT2D eigenvalue weighted by atomic mass is 16.2. The minimum absolute atomic E-state index is 0.762. The molecule has 0 rings (SSSR count). The topological polar surface area (TPSA) is 17.1 Å². The first-order valence-electron chi connectivity index (χ1n) is 7.85. The number of hydrogen-bond donors (Lipinski definition) is 0. The van der Waals surface area contributed by atoms with Crippen LogP contribution in [-0.4, -0.2) is 6.29 Å². The zero-order valence-corrected chi connectivity index (χ0v) is 11.9.